The number of hydrogen-bond donors (Lipinski definition) is 2. The van der Waals surface area contributed by atoms with Crippen molar-refractivity contribution in [2.45, 2.75) is 58.6 Å². The van der Waals surface area contributed by atoms with Crippen molar-refractivity contribution in [2.75, 3.05) is 6.54 Å². The monoisotopic (exact) mass is 275 g/mol. The average Bonchev–Trinajstić information content (AvgIpc) is 3.17. The zero-order chi connectivity index (χ0) is 14.5. The summed E-state index contributed by atoms with van der Waals surface area (Å²) in [5.74, 6) is 1.39. The van der Waals surface area contributed by atoms with E-state index in [-0.39, 0.29) is 6.10 Å². The van der Waals surface area contributed by atoms with E-state index in [1.807, 2.05) is 6.92 Å². The molecule has 1 fully saturated rings. The lowest BCUT2D eigenvalue weighted by atomic mass is 9.99. The Morgan fingerprint density at radius 2 is 2.05 bits per heavy atom. The maximum atomic E-state index is 9.45. The van der Waals surface area contributed by atoms with Gasteiger partial charge in [0.05, 0.1) is 6.10 Å². The van der Waals surface area contributed by atoms with Crippen molar-refractivity contribution in [3.8, 4) is 0 Å². The molecule has 2 N–H and O–H groups in total. The van der Waals surface area contributed by atoms with Crippen molar-refractivity contribution in [1.29, 1.82) is 0 Å². The molecular weight excluding hydrogens is 246 g/mol. The van der Waals surface area contributed by atoms with E-state index < -0.39 is 0 Å². The van der Waals surface area contributed by atoms with Crippen LogP contribution in [-0.2, 0) is 6.42 Å². The van der Waals surface area contributed by atoms with Crippen LogP contribution in [0, 0.1) is 18.8 Å². The van der Waals surface area contributed by atoms with Gasteiger partial charge in [-0.1, -0.05) is 36.8 Å². The normalized spacial score (nSPS) is 19.6. The summed E-state index contributed by atoms with van der Waals surface area (Å²) < 4.78 is 0. The Morgan fingerprint density at radius 1 is 1.30 bits per heavy atom. The van der Waals surface area contributed by atoms with Crippen molar-refractivity contribution in [1.82, 2.24) is 5.32 Å². The first-order valence-corrected chi connectivity index (χ1v) is 8.01. The Hall–Kier alpha value is -0.860. The largest absolute Gasteiger partial charge is 0.393 e. The summed E-state index contributed by atoms with van der Waals surface area (Å²) in [4.78, 5) is 0. The summed E-state index contributed by atoms with van der Waals surface area (Å²) in [5, 5.41) is 13.2. The van der Waals surface area contributed by atoms with Crippen LogP contribution in [0.3, 0.4) is 0 Å². The van der Waals surface area contributed by atoms with Gasteiger partial charge in [0.2, 0.25) is 0 Å². The molecule has 1 aromatic rings. The SMILES string of the molecule is Cc1cccc(CC(NCC(C)CC(C)O)C2CC2)c1. The Morgan fingerprint density at radius 3 is 2.65 bits per heavy atom. The molecule has 0 saturated heterocycles. The predicted octanol–water partition coefficient (Wildman–Crippen LogP) is 3.31. The standard InChI is InChI=1S/C18H29NO/c1-13-5-4-6-16(10-13)11-18(17-7-8-17)19-12-14(2)9-15(3)20/h4-6,10,14-15,17-20H,7-9,11-12H2,1-3H3. The van der Waals surface area contributed by atoms with Gasteiger partial charge in [0.15, 0.2) is 0 Å². The van der Waals surface area contributed by atoms with Crippen LogP contribution in [0.15, 0.2) is 24.3 Å². The van der Waals surface area contributed by atoms with Gasteiger partial charge in [-0.05, 0) is 63.5 Å². The van der Waals surface area contributed by atoms with E-state index in [0.717, 1.165) is 25.3 Å². The third kappa shape index (κ3) is 5.26. The third-order valence-corrected chi connectivity index (χ3v) is 4.20. The number of aryl methyl sites for hydroxylation is 1. The van der Waals surface area contributed by atoms with E-state index in [9.17, 15) is 5.11 Å². The molecule has 2 rings (SSSR count). The molecule has 3 unspecified atom stereocenters. The quantitative estimate of drug-likeness (QED) is 0.763. The predicted molar refractivity (Wildman–Crippen MR) is 84.9 cm³/mol. The zero-order valence-corrected chi connectivity index (χ0v) is 13.1. The molecule has 0 heterocycles. The van der Waals surface area contributed by atoms with E-state index in [4.69, 9.17) is 0 Å². The van der Waals surface area contributed by atoms with Crippen molar-refractivity contribution in [3.05, 3.63) is 35.4 Å². The Kier molecular flexibility index (Phi) is 5.62. The highest BCUT2D eigenvalue weighted by Gasteiger charge is 2.31. The minimum absolute atomic E-state index is 0.192. The summed E-state index contributed by atoms with van der Waals surface area (Å²) >= 11 is 0. The van der Waals surface area contributed by atoms with Crippen LogP contribution in [0.1, 0.15) is 44.2 Å². The van der Waals surface area contributed by atoms with Gasteiger partial charge in [0.25, 0.3) is 0 Å². The Balaban J connectivity index is 1.85. The lowest BCUT2D eigenvalue weighted by molar-refractivity contribution is 0.162. The second-order valence-corrected chi connectivity index (χ2v) is 6.74. The van der Waals surface area contributed by atoms with E-state index in [1.54, 1.807) is 0 Å². The number of aliphatic hydroxyl groups is 1. The lowest BCUT2D eigenvalue weighted by Crippen LogP contribution is -2.36. The first kappa shape index (κ1) is 15.5. The van der Waals surface area contributed by atoms with Gasteiger partial charge in [-0.25, -0.2) is 0 Å². The van der Waals surface area contributed by atoms with Gasteiger partial charge in [0.1, 0.15) is 0 Å². The molecule has 0 amide bonds. The fourth-order valence-corrected chi connectivity index (χ4v) is 3.02. The number of hydrogen-bond acceptors (Lipinski definition) is 2. The smallest absolute Gasteiger partial charge is 0.0515 e. The molecule has 2 nitrogen and oxygen atoms in total. The number of nitrogens with one attached hydrogen (secondary N) is 1. The van der Waals surface area contributed by atoms with E-state index in [2.05, 4.69) is 43.4 Å². The van der Waals surface area contributed by atoms with E-state index in [1.165, 1.54) is 24.0 Å². The number of aliphatic hydroxyl groups excluding tert-OH is 1. The minimum atomic E-state index is -0.192. The molecule has 0 bridgehead atoms. The average molecular weight is 275 g/mol. The maximum Gasteiger partial charge on any atom is 0.0515 e. The number of rotatable bonds is 8. The fourth-order valence-electron chi connectivity index (χ4n) is 3.02. The van der Waals surface area contributed by atoms with E-state index in [0.29, 0.717) is 12.0 Å². The van der Waals surface area contributed by atoms with Crippen molar-refractivity contribution >= 4 is 0 Å². The molecule has 1 aliphatic rings. The zero-order valence-electron chi connectivity index (χ0n) is 13.1. The summed E-state index contributed by atoms with van der Waals surface area (Å²) in [6.45, 7) is 7.27. The molecule has 112 valence electrons. The Labute approximate surface area is 123 Å². The second kappa shape index (κ2) is 7.24. The van der Waals surface area contributed by atoms with E-state index >= 15 is 0 Å². The molecular formula is C18H29NO. The fraction of sp³-hybridized carbons (Fsp3) is 0.667. The molecule has 20 heavy (non-hydrogen) atoms. The topological polar surface area (TPSA) is 32.3 Å². The molecule has 1 aromatic carbocycles. The number of benzene rings is 1. The van der Waals surface area contributed by atoms with Crippen molar-refractivity contribution in [3.63, 3.8) is 0 Å². The molecule has 2 heteroatoms. The first-order valence-electron chi connectivity index (χ1n) is 8.01. The molecule has 3 atom stereocenters. The van der Waals surface area contributed by atoms with Gasteiger partial charge in [0, 0.05) is 6.04 Å². The lowest BCUT2D eigenvalue weighted by Gasteiger charge is -2.22. The van der Waals surface area contributed by atoms with Gasteiger partial charge in [-0.3, -0.25) is 0 Å². The molecule has 1 aliphatic carbocycles. The second-order valence-electron chi connectivity index (χ2n) is 6.74. The summed E-state index contributed by atoms with van der Waals surface area (Å²) in [5.41, 5.74) is 2.79. The summed E-state index contributed by atoms with van der Waals surface area (Å²) in [7, 11) is 0. The summed E-state index contributed by atoms with van der Waals surface area (Å²) in [6, 6.07) is 9.46. The Bertz CT molecular complexity index is 412. The van der Waals surface area contributed by atoms with Gasteiger partial charge >= 0.3 is 0 Å². The van der Waals surface area contributed by atoms with Gasteiger partial charge < -0.3 is 10.4 Å². The molecule has 0 aliphatic heterocycles. The minimum Gasteiger partial charge on any atom is -0.393 e. The van der Waals surface area contributed by atoms with Crippen LogP contribution in [0.25, 0.3) is 0 Å². The first-order chi connectivity index (χ1) is 9.54. The van der Waals surface area contributed by atoms with Crippen LogP contribution in [0.5, 0.6) is 0 Å². The third-order valence-electron chi connectivity index (χ3n) is 4.20. The molecule has 0 spiro atoms. The van der Waals surface area contributed by atoms with Crippen molar-refractivity contribution in [2.24, 2.45) is 11.8 Å². The van der Waals surface area contributed by atoms with Crippen molar-refractivity contribution < 1.29 is 5.11 Å². The summed E-state index contributed by atoms with van der Waals surface area (Å²) in [6.07, 6.45) is 4.56. The van der Waals surface area contributed by atoms with Crippen LogP contribution >= 0.6 is 0 Å². The highest BCUT2D eigenvalue weighted by Crippen LogP contribution is 2.34. The molecule has 0 radical (unpaired) electrons. The maximum absolute atomic E-state index is 9.45. The van der Waals surface area contributed by atoms with Crippen LogP contribution < -0.4 is 5.32 Å². The molecule has 0 aromatic heterocycles. The van der Waals surface area contributed by atoms with Gasteiger partial charge in [-0.2, -0.15) is 0 Å². The highest BCUT2D eigenvalue weighted by atomic mass is 16.3. The van der Waals surface area contributed by atoms with Crippen LogP contribution in [0.2, 0.25) is 0 Å². The molecule has 1 saturated carbocycles. The van der Waals surface area contributed by atoms with Crippen LogP contribution in [-0.4, -0.2) is 23.8 Å². The van der Waals surface area contributed by atoms with Crippen LogP contribution in [0.4, 0.5) is 0 Å². The van der Waals surface area contributed by atoms with Gasteiger partial charge in [-0.15, -0.1) is 0 Å². The highest BCUT2D eigenvalue weighted by molar-refractivity contribution is 5.23.